The van der Waals surface area contributed by atoms with Crippen LogP contribution in [0.3, 0.4) is 0 Å². The third-order valence-electron chi connectivity index (χ3n) is 2.92. The summed E-state index contributed by atoms with van der Waals surface area (Å²) in [6, 6.07) is 8.95. The highest BCUT2D eigenvalue weighted by atomic mass is 32.1. The number of hydrogen-bond donors (Lipinski definition) is 2. The SMILES string of the molecule is NC(=O)CCCNCc1ccc(F)c(-c2cccs2)c1. The lowest BCUT2D eigenvalue weighted by molar-refractivity contribution is -0.118. The Morgan fingerprint density at radius 3 is 2.90 bits per heavy atom. The van der Waals surface area contributed by atoms with Crippen LogP contribution >= 0.6 is 11.3 Å². The molecule has 1 amide bonds. The first kappa shape index (κ1) is 14.7. The van der Waals surface area contributed by atoms with E-state index in [1.54, 1.807) is 6.07 Å². The molecule has 0 fully saturated rings. The quantitative estimate of drug-likeness (QED) is 0.771. The zero-order valence-corrected chi connectivity index (χ0v) is 11.9. The van der Waals surface area contributed by atoms with Crippen LogP contribution in [0.2, 0.25) is 0 Å². The predicted octanol–water partition coefficient (Wildman–Crippen LogP) is 2.91. The number of primary amides is 1. The molecule has 1 aromatic carbocycles. The Labute approximate surface area is 121 Å². The maximum absolute atomic E-state index is 13.8. The molecule has 0 radical (unpaired) electrons. The first-order chi connectivity index (χ1) is 9.66. The summed E-state index contributed by atoms with van der Waals surface area (Å²) < 4.78 is 13.8. The highest BCUT2D eigenvalue weighted by Gasteiger charge is 2.07. The highest BCUT2D eigenvalue weighted by molar-refractivity contribution is 7.13. The molecule has 3 N–H and O–H groups in total. The van der Waals surface area contributed by atoms with E-state index in [1.807, 2.05) is 23.6 Å². The number of halogens is 1. The van der Waals surface area contributed by atoms with Crippen LogP contribution in [-0.4, -0.2) is 12.5 Å². The summed E-state index contributed by atoms with van der Waals surface area (Å²) in [5, 5.41) is 5.16. The zero-order valence-electron chi connectivity index (χ0n) is 11.1. The average molecular weight is 292 g/mol. The van der Waals surface area contributed by atoms with Gasteiger partial charge in [0.15, 0.2) is 0 Å². The van der Waals surface area contributed by atoms with Gasteiger partial charge >= 0.3 is 0 Å². The van der Waals surface area contributed by atoms with Crippen LogP contribution in [0.25, 0.3) is 10.4 Å². The van der Waals surface area contributed by atoms with Crippen molar-refractivity contribution >= 4 is 17.2 Å². The van der Waals surface area contributed by atoms with Crippen molar-refractivity contribution < 1.29 is 9.18 Å². The van der Waals surface area contributed by atoms with E-state index in [1.165, 1.54) is 17.4 Å². The van der Waals surface area contributed by atoms with Gasteiger partial charge in [-0.25, -0.2) is 4.39 Å². The molecular weight excluding hydrogens is 275 g/mol. The lowest BCUT2D eigenvalue weighted by atomic mass is 10.1. The van der Waals surface area contributed by atoms with Crippen molar-refractivity contribution in [2.45, 2.75) is 19.4 Å². The predicted molar refractivity (Wildman–Crippen MR) is 79.8 cm³/mol. The fourth-order valence-electron chi connectivity index (χ4n) is 1.92. The smallest absolute Gasteiger partial charge is 0.217 e. The van der Waals surface area contributed by atoms with Crippen molar-refractivity contribution in [3.63, 3.8) is 0 Å². The highest BCUT2D eigenvalue weighted by Crippen LogP contribution is 2.28. The first-order valence-corrected chi connectivity index (χ1v) is 7.36. The van der Waals surface area contributed by atoms with E-state index in [0.717, 1.165) is 10.4 Å². The average Bonchev–Trinajstić information content (AvgIpc) is 2.93. The molecule has 0 unspecified atom stereocenters. The van der Waals surface area contributed by atoms with Gasteiger partial charge in [0, 0.05) is 23.4 Å². The van der Waals surface area contributed by atoms with Gasteiger partial charge in [-0.2, -0.15) is 0 Å². The summed E-state index contributed by atoms with van der Waals surface area (Å²) >= 11 is 1.52. The van der Waals surface area contributed by atoms with Crippen molar-refractivity contribution in [1.29, 1.82) is 0 Å². The van der Waals surface area contributed by atoms with Crippen LogP contribution in [-0.2, 0) is 11.3 Å². The number of carbonyl (C=O) groups excluding carboxylic acids is 1. The van der Waals surface area contributed by atoms with Gasteiger partial charge in [-0.05, 0) is 42.1 Å². The van der Waals surface area contributed by atoms with Gasteiger partial charge < -0.3 is 11.1 Å². The molecule has 1 aromatic heterocycles. The number of amides is 1. The van der Waals surface area contributed by atoms with Crippen LogP contribution in [0.1, 0.15) is 18.4 Å². The molecule has 0 saturated carbocycles. The summed E-state index contributed by atoms with van der Waals surface area (Å²) in [4.78, 5) is 11.5. The van der Waals surface area contributed by atoms with E-state index in [2.05, 4.69) is 5.32 Å². The lowest BCUT2D eigenvalue weighted by Gasteiger charge is -2.07. The largest absolute Gasteiger partial charge is 0.370 e. The lowest BCUT2D eigenvalue weighted by Crippen LogP contribution is -2.18. The van der Waals surface area contributed by atoms with Crippen molar-refractivity contribution in [3.05, 3.63) is 47.1 Å². The fraction of sp³-hybridized carbons (Fsp3) is 0.267. The summed E-state index contributed by atoms with van der Waals surface area (Å²) in [6.07, 6.45) is 1.10. The Morgan fingerprint density at radius 2 is 2.20 bits per heavy atom. The normalized spacial score (nSPS) is 10.7. The van der Waals surface area contributed by atoms with Gasteiger partial charge in [0.05, 0.1) is 0 Å². The van der Waals surface area contributed by atoms with E-state index >= 15 is 0 Å². The maximum atomic E-state index is 13.8. The number of nitrogens with one attached hydrogen (secondary N) is 1. The second-order valence-electron chi connectivity index (χ2n) is 4.54. The Bertz CT molecular complexity index is 569. The third-order valence-corrected chi connectivity index (χ3v) is 3.83. The van der Waals surface area contributed by atoms with Gasteiger partial charge in [-0.15, -0.1) is 11.3 Å². The van der Waals surface area contributed by atoms with Crippen LogP contribution in [0, 0.1) is 5.82 Å². The first-order valence-electron chi connectivity index (χ1n) is 6.48. The van der Waals surface area contributed by atoms with E-state index in [-0.39, 0.29) is 11.7 Å². The van der Waals surface area contributed by atoms with Crippen LogP contribution in [0.4, 0.5) is 4.39 Å². The maximum Gasteiger partial charge on any atom is 0.217 e. The number of benzene rings is 1. The number of nitrogens with two attached hydrogens (primary N) is 1. The van der Waals surface area contributed by atoms with E-state index in [0.29, 0.717) is 31.5 Å². The van der Waals surface area contributed by atoms with Gasteiger partial charge in [0.1, 0.15) is 5.82 Å². The van der Waals surface area contributed by atoms with Gasteiger partial charge in [-0.1, -0.05) is 12.1 Å². The van der Waals surface area contributed by atoms with E-state index in [9.17, 15) is 9.18 Å². The van der Waals surface area contributed by atoms with Crippen molar-refractivity contribution in [2.24, 2.45) is 5.73 Å². The fourth-order valence-corrected chi connectivity index (χ4v) is 2.67. The van der Waals surface area contributed by atoms with Crippen LogP contribution in [0.15, 0.2) is 35.7 Å². The second-order valence-corrected chi connectivity index (χ2v) is 5.49. The van der Waals surface area contributed by atoms with Crippen molar-refractivity contribution in [3.8, 4) is 10.4 Å². The molecule has 1 heterocycles. The molecule has 0 aliphatic heterocycles. The topological polar surface area (TPSA) is 55.1 Å². The Balaban J connectivity index is 1.93. The number of thiophene rings is 1. The molecular formula is C15H17FN2OS. The number of rotatable bonds is 7. The Kier molecular flexibility index (Phi) is 5.26. The molecule has 0 saturated heterocycles. The van der Waals surface area contributed by atoms with Crippen molar-refractivity contribution in [1.82, 2.24) is 5.32 Å². The van der Waals surface area contributed by atoms with E-state index in [4.69, 9.17) is 5.73 Å². The molecule has 106 valence electrons. The Morgan fingerprint density at radius 1 is 1.35 bits per heavy atom. The molecule has 0 aliphatic rings. The minimum atomic E-state index is -0.284. The summed E-state index contributed by atoms with van der Waals surface area (Å²) in [5.41, 5.74) is 6.73. The molecule has 0 aliphatic carbocycles. The minimum absolute atomic E-state index is 0.204. The third kappa shape index (κ3) is 4.15. The molecule has 2 rings (SSSR count). The number of carbonyl (C=O) groups is 1. The van der Waals surface area contributed by atoms with Gasteiger partial charge in [0.2, 0.25) is 5.91 Å². The molecule has 5 heteroatoms. The monoisotopic (exact) mass is 292 g/mol. The molecule has 3 nitrogen and oxygen atoms in total. The molecule has 0 spiro atoms. The summed E-state index contributed by atoms with van der Waals surface area (Å²) in [5.74, 6) is -0.488. The molecule has 0 atom stereocenters. The Hall–Kier alpha value is -1.72. The van der Waals surface area contributed by atoms with Gasteiger partial charge in [-0.3, -0.25) is 4.79 Å². The van der Waals surface area contributed by atoms with Crippen LogP contribution < -0.4 is 11.1 Å². The van der Waals surface area contributed by atoms with E-state index < -0.39 is 0 Å². The summed E-state index contributed by atoms with van der Waals surface area (Å²) in [6.45, 7) is 1.37. The molecule has 20 heavy (non-hydrogen) atoms. The standard InChI is InChI=1S/C15H17FN2OS/c16-13-6-5-11(10-18-7-1-4-15(17)19)9-12(13)14-3-2-8-20-14/h2-3,5-6,8-9,18H,1,4,7,10H2,(H2,17,19). The second kappa shape index (κ2) is 7.17. The number of hydrogen-bond acceptors (Lipinski definition) is 3. The molecule has 2 aromatic rings. The van der Waals surface area contributed by atoms with Crippen LogP contribution in [0.5, 0.6) is 0 Å². The summed E-state index contributed by atoms with van der Waals surface area (Å²) in [7, 11) is 0. The minimum Gasteiger partial charge on any atom is -0.370 e. The molecule has 0 bridgehead atoms. The van der Waals surface area contributed by atoms with Gasteiger partial charge in [0.25, 0.3) is 0 Å². The van der Waals surface area contributed by atoms with Crippen molar-refractivity contribution in [2.75, 3.05) is 6.54 Å². The zero-order chi connectivity index (χ0) is 14.4.